The van der Waals surface area contributed by atoms with Crippen LogP contribution in [0.25, 0.3) is 32.9 Å². The summed E-state index contributed by atoms with van der Waals surface area (Å²) in [4.78, 5) is 35.5. The van der Waals surface area contributed by atoms with Gasteiger partial charge in [0.05, 0.1) is 0 Å². The number of halogens is 1. The van der Waals surface area contributed by atoms with E-state index in [1.807, 2.05) is 57.4 Å². The van der Waals surface area contributed by atoms with Gasteiger partial charge in [-0.2, -0.15) is 0 Å². The molecule has 0 radical (unpaired) electrons. The maximum Gasteiger partial charge on any atom is 0.410 e. The molecule has 2 aliphatic rings. The number of hydrogen-bond donors (Lipinski definition) is 2. The van der Waals surface area contributed by atoms with Gasteiger partial charge >= 0.3 is 12.2 Å². The van der Waals surface area contributed by atoms with Crippen LogP contribution in [0.1, 0.15) is 69.6 Å². The predicted molar refractivity (Wildman–Crippen MR) is 205 cm³/mol. The fourth-order valence-electron chi connectivity index (χ4n) is 7.00. The molecule has 5 aromatic rings. The second kappa shape index (κ2) is 14.2. The van der Waals surface area contributed by atoms with E-state index in [2.05, 4.69) is 87.4 Å². The summed E-state index contributed by atoms with van der Waals surface area (Å²) >= 11 is 3.64. The molecule has 50 heavy (non-hydrogen) atoms. The van der Waals surface area contributed by atoms with E-state index >= 15 is 0 Å². The maximum atomic E-state index is 12.5. The monoisotopic (exact) mass is 740 g/mol. The lowest BCUT2D eigenvalue weighted by Crippen LogP contribution is -2.38. The highest BCUT2D eigenvalue weighted by atomic mass is 79.9. The van der Waals surface area contributed by atoms with Crippen LogP contribution in [0.15, 0.2) is 65.1 Å². The normalized spacial score (nSPS) is 15.0. The number of carbonyl (C=O) groups is 2. The summed E-state index contributed by atoms with van der Waals surface area (Å²) in [5.74, 6) is 0. The number of rotatable bonds is 1. The number of aromatic amines is 2. The zero-order chi connectivity index (χ0) is 35.8. The number of aryl methyl sites for hydroxylation is 1. The van der Waals surface area contributed by atoms with E-state index in [1.165, 1.54) is 55.5 Å². The summed E-state index contributed by atoms with van der Waals surface area (Å²) in [7, 11) is 0. The number of H-pyrrole nitrogens is 2. The largest absolute Gasteiger partial charge is 0.444 e. The number of ether oxygens (including phenoxy) is 2. The van der Waals surface area contributed by atoms with Crippen molar-refractivity contribution in [1.29, 1.82) is 0 Å². The van der Waals surface area contributed by atoms with Crippen molar-refractivity contribution in [2.75, 3.05) is 26.2 Å². The van der Waals surface area contributed by atoms with Gasteiger partial charge in [0.1, 0.15) is 11.2 Å². The minimum Gasteiger partial charge on any atom is -0.444 e. The molecule has 0 bridgehead atoms. The molecule has 2 aliphatic heterocycles. The highest BCUT2D eigenvalue weighted by Crippen LogP contribution is 2.36. The van der Waals surface area contributed by atoms with Crippen LogP contribution in [0, 0.1) is 6.92 Å². The van der Waals surface area contributed by atoms with Crippen LogP contribution in [-0.4, -0.2) is 69.3 Å². The Hall–Kier alpha value is -4.24. The lowest BCUT2D eigenvalue weighted by molar-refractivity contribution is 0.0247. The average Bonchev–Trinajstić information content (AvgIpc) is 3.40. The first-order chi connectivity index (χ1) is 23.7. The van der Waals surface area contributed by atoms with Gasteiger partial charge in [-0.05, 0) is 107 Å². The zero-order valence-electron chi connectivity index (χ0n) is 30.3. The number of nitrogens with zero attached hydrogens (tertiary/aromatic N) is 2. The topological polar surface area (TPSA) is 90.7 Å². The fraction of sp³-hybridized carbons (Fsp3) is 0.415. The van der Waals surface area contributed by atoms with Crippen molar-refractivity contribution in [3.05, 3.63) is 93.2 Å². The molecule has 9 heteroatoms. The van der Waals surface area contributed by atoms with Crippen molar-refractivity contribution in [3.63, 3.8) is 0 Å². The van der Waals surface area contributed by atoms with Crippen molar-refractivity contribution < 1.29 is 19.1 Å². The highest BCUT2D eigenvalue weighted by molar-refractivity contribution is 9.10. The summed E-state index contributed by atoms with van der Waals surface area (Å²) in [6, 6.07) is 21.2. The molecule has 0 saturated heterocycles. The van der Waals surface area contributed by atoms with Crippen LogP contribution in [0.5, 0.6) is 0 Å². The lowest BCUT2D eigenvalue weighted by atomic mass is 9.94. The SMILES string of the molecule is CC(C)(C)OC(=O)N1CCc2[nH]c3cccc(Br)c3c2CC1.Cc1ccccc1-c1cccc2[nH]c3c(c12)CCN(C(=O)OC(C)(C)C)CC3. The van der Waals surface area contributed by atoms with Crippen LogP contribution < -0.4 is 0 Å². The number of aromatic nitrogens is 2. The van der Waals surface area contributed by atoms with Gasteiger partial charge < -0.3 is 29.2 Å². The predicted octanol–water partition coefficient (Wildman–Crippen LogP) is 9.75. The van der Waals surface area contributed by atoms with E-state index in [9.17, 15) is 9.59 Å². The average molecular weight is 742 g/mol. The molecule has 0 spiro atoms. The Labute approximate surface area is 303 Å². The Balaban J connectivity index is 0.000000178. The number of fused-ring (bicyclic) bond motifs is 6. The van der Waals surface area contributed by atoms with Gasteiger partial charge in [-0.1, -0.05) is 58.4 Å². The summed E-state index contributed by atoms with van der Waals surface area (Å²) in [5.41, 5.74) is 10.3. The number of benzene rings is 3. The third-order valence-corrected chi connectivity index (χ3v) is 9.91. The molecule has 0 saturated carbocycles. The van der Waals surface area contributed by atoms with Crippen LogP contribution >= 0.6 is 15.9 Å². The Bertz CT molecular complexity index is 2030. The smallest absolute Gasteiger partial charge is 0.410 e. The van der Waals surface area contributed by atoms with E-state index in [0.29, 0.717) is 26.2 Å². The maximum absolute atomic E-state index is 12.5. The van der Waals surface area contributed by atoms with Crippen molar-refractivity contribution in [2.45, 2.75) is 85.4 Å². The van der Waals surface area contributed by atoms with E-state index < -0.39 is 11.2 Å². The van der Waals surface area contributed by atoms with E-state index in [0.717, 1.165) is 35.7 Å². The Morgan fingerprint density at radius 2 is 1.08 bits per heavy atom. The molecule has 2 N–H and O–H groups in total. The lowest BCUT2D eigenvalue weighted by Gasteiger charge is -2.26. The van der Waals surface area contributed by atoms with E-state index in [1.54, 1.807) is 0 Å². The molecular weight excluding hydrogens is 692 g/mol. The van der Waals surface area contributed by atoms with Gasteiger partial charge in [-0.15, -0.1) is 0 Å². The Kier molecular flexibility index (Phi) is 10.1. The molecule has 2 aromatic heterocycles. The molecular formula is C41H49BrN4O4. The van der Waals surface area contributed by atoms with Crippen molar-refractivity contribution in [2.24, 2.45) is 0 Å². The van der Waals surface area contributed by atoms with Gasteiger partial charge in [-0.25, -0.2) is 9.59 Å². The number of amides is 2. The molecule has 264 valence electrons. The molecule has 0 unspecified atom stereocenters. The Morgan fingerprint density at radius 3 is 1.62 bits per heavy atom. The van der Waals surface area contributed by atoms with Gasteiger partial charge in [-0.3, -0.25) is 0 Å². The fourth-order valence-corrected chi connectivity index (χ4v) is 7.61. The van der Waals surface area contributed by atoms with Gasteiger partial charge in [0.25, 0.3) is 0 Å². The van der Waals surface area contributed by atoms with Crippen LogP contribution in [0.3, 0.4) is 0 Å². The van der Waals surface area contributed by atoms with Crippen molar-refractivity contribution in [3.8, 4) is 11.1 Å². The quantitative estimate of drug-likeness (QED) is 0.179. The summed E-state index contributed by atoms with van der Waals surface area (Å²) in [6.45, 7) is 16.3. The summed E-state index contributed by atoms with van der Waals surface area (Å²) in [5, 5.41) is 2.53. The molecule has 0 atom stereocenters. The standard InChI is InChI=1S/C24H28N2O2.C17H21BrN2O2/c1-16-8-5-6-9-17(16)18-10-7-11-21-22(18)19-12-14-26(15-13-20(19)25-21)23(27)28-24(2,3)4;1-17(2,3)22-16(21)20-9-7-11-13(8-10-20)19-14-6-4-5-12(18)15(11)14/h5-11,25H,12-15H2,1-4H3;4-6,19H,7-10H2,1-3H3. The molecule has 4 heterocycles. The van der Waals surface area contributed by atoms with Gasteiger partial charge in [0.2, 0.25) is 0 Å². The van der Waals surface area contributed by atoms with Gasteiger partial charge in [0.15, 0.2) is 0 Å². The number of nitrogens with one attached hydrogen (secondary N) is 2. The second-order valence-corrected chi connectivity index (χ2v) is 16.2. The third kappa shape index (κ3) is 7.88. The first-order valence-electron chi connectivity index (χ1n) is 17.6. The molecule has 2 amide bonds. The minimum absolute atomic E-state index is 0.221. The van der Waals surface area contributed by atoms with E-state index in [-0.39, 0.29) is 12.2 Å². The molecule has 8 nitrogen and oxygen atoms in total. The first-order valence-corrected chi connectivity index (χ1v) is 18.4. The van der Waals surface area contributed by atoms with Crippen molar-refractivity contribution >= 4 is 49.9 Å². The third-order valence-electron chi connectivity index (χ3n) is 9.25. The van der Waals surface area contributed by atoms with Crippen molar-refractivity contribution in [1.82, 2.24) is 19.8 Å². The summed E-state index contributed by atoms with van der Waals surface area (Å²) < 4.78 is 12.2. The minimum atomic E-state index is -0.470. The van der Waals surface area contributed by atoms with Crippen LogP contribution in [-0.2, 0) is 35.2 Å². The second-order valence-electron chi connectivity index (χ2n) is 15.3. The summed E-state index contributed by atoms with van der Waals surface area (Å²) in [6.07, 6.45) is 2.88. The number of carbonyl (C=O) groups excluding carboxylic acids is 2. The number of hydrogen-bond acceptors (Lipinski definition) is 4. The Morgan fingerprint density at radius 1 is 0.620 bits per heavy atom. The molecule has 0 aliphatic carbocycles. The van der Waals surface area contributed by atoms with Crippen LogP contribution in [0.4, 0.5) is 9.59 Å². The van der Waals surface area contributed by atoms with Gasteiger partial charge in [0, 0.05) is 76.7 Å². The first kappa shape index (κ1) is 35.6. The van der Waals surface area contributed by atoms with Crippen LogP contribution in [0.2, 0.25) is 0 Å². The molecule has 7 rings (SSSR count). The molecule has 0 fully saturated rings. The molecule has 3 aromatic carbocycles. The zero-order valence-corrected chi connectivity index (χ0v) is 31.9. The van der Waals surface area contributed by atoms with E-state index in [4.69, 9.17) is 9.47 Å². The highest BCUT2D eigenvalue weighted by Gasteiger charge is 2.28.